The zero-order chi connectivity index (χ0) is 20.4. The molecule has 2 rings (SSSR count). The SMILES string of the molecule is CC(=O)N(CCC(=O)Nc1ccccc1C(=O)NCCN)Cc1ccccc1.Cl. The average molecular weight is 419 g/mol. The van der Waals surface area contributed by atoms with Crippen LogP contribution in [0.3, 0.4) is 0 Å². The molecule has 2 aromatic carbocycles. The van der Waals surface area contributed by atoms with E-state index in [0.717, 1.165) is 5.56 Å². The number of para-hydroxylation sites is 1. The summed E-state index contributed by atoms with van der Waals surface area (Å²) in [6.07, 6.45) is 0.130. The Hall–Kier alpha value is -2.90. The number of nitrogens with two attached hydrogens (primary N) is 1. The first-order chi connectivity index (χ1) is 13.5. The van der Waals surface area contributed by atoms with Crippen molar-refractivity contribution in [3.8, 4) is 0 Å². The highest BCUT2D eigenvalue weighted by Crippen LogP contribution is 2.15. The molecule has 156 valence electrons. The summed E-state index contributed by atoms with van der Waals surface area (Å²) < 4.78 is 0. The van der Waals surface area contributed by atoms with Crippen LogP contribution < -0.4 is 16.4 Å². The van der Waals surface area contributed by atoms with Crippen molar-refractivity contribution in [3.05, 3.63) is 65.7 Å². The molecule has 0 radical (unpaired) electrons. The number of hydrogen-bond acceptors (Lipinski definition) is 4. The van der Waals surface area contributed by atoms with Gasteiger partial charge in [-0.2, -0.15) is 0 Å². The number of benzene rings is 2. The maximum atomic E-state index is 12.4. The lowest BCUT2D eigenvalue weighted by molar-refractivity contribution is -0.129. The zero-order valence-electron chi connectivity index (χ0n) is 16.4. The summed E-state index contributed by atoms with van der Waals surface area (Å²) in [6, 6.07) is 16.4. The third-order valence-electron chi connectivity index (χ3n) is 4.15. The van der Waals surface area contributed by atoms with Gasteiger partial charge in [-0.15, -0.1) is 12.4 Å². The first kappa shape index (κ1) is 24.1. The zero-order valence-corrected chi connectivity index (χ0v) is 17.2. The van der Waals surface area contributed by atoms with Crippen molar-refractivity contribution in [1.29, 1.82) is 0 Å². The van der Waals surface area contributed by atoms with Crippen LogP contribution in [0.15, 0.2) is 54.6 Å². The van der Waals surface area contributed by atoms with Crippen LogP contribution in [0, 0.1) is 0 Å². The highest BCUT2D eigenvalue weighted by atomic mass is 35.5. The third-order valence-corrected chi connectivity index (χ3v) is 4.15. The van der Waals surface area contributed by atoms with E-state index >= 15 is 0 Å². The molecule has 3 amide bonds. The Balaban J connectivity index is 0.00000420. The van der Waals surface area contributed by atoms with Gasteiger partial charge in [0, 0.05) is 39.5 Å². The predicted octanol–water partition coefficient (Wildman–Crippen LogP) is 2.17. The Morgan fingerprint density at radius 3 is 2.31 bits per heavy atom. The van der Waals surface area contributed by atoms with Gasteiger partial charge in [-0.05, 0) is 17.7 Å². The van der Waals surface area contributed by atoms with Crippen molar-refractivity contribution in [1.82, 2.24) is 10.2 Å². The fraction of sp³-hybridized carbons (Fsp3) is 0.286. The van der Waals surface area contributed by atoms with E-state index in [1.807, 2.05) is 30.3 Å². The molecule has 0 aliphatic carbocycles. The number of rotatable bonds is 9. The Kier molecular flexibility index (Phi) is 10.4. The van der Waals surface area contributed by atoms with E-state index < -0.39 is 0 Å². The number of anilines is 1. The van der Waals surface area contributed by atoms with Gasteiger partial charge in [-0.1, -0.05) is 42.5 Å². The molecule has 29 heavy (non-hydrogen) atoms. The van der Waals surface area contributed by atoms with Crippen molar-refractivity contribution in [2.24, 2.45) is 5.73 Å². The second kappa shape index (κ2) is 12.5. The minimum atomic E-state index is -0.296. The van der Waals surface area contributed by atoms with E-state index in [4.69, 9.17) is 5.73 Å². The molecule has 0 aliphatic heterocycles. The molecule has 0 saturated carbocycles. The highest BCUT2D eigenvalue weighted by Gasteiger charge is 2.15. The molecular weight excluding hydrogens is 392 g/mol. The number of halogens is 1. The van der Waals surface area contributed by atoms with Gasteiger partial charge in [0.1, 0.15) is 0 Å². The summed E-state index contributed by atoms with van der Waals surface area (Å²) in [5.74, 6) is -0.660. The van der Waals surface area contributed by atoms with Crippen molar-refractivity contribution in [3.63, 3.8) is 0 Å². The maximum absolute atomic E-state index is 12.4. The molecule has 0 spiro atoms. The van der Waals surface area contributed by atoms with Crippen LogP contribution in [0.2, 0.25) is 0 Å². The highest BCUT2D eigenvalue weighted by molar-refractivity contribution is 6.03. The first-order valence-corrected chi connectivity index (χ1v) is 9.18. The number of nitrogens with zero attached hydrogens (tertiary/aromatic N) is 1. The van der Waals surface area contributed by atoms with Crippen LogP contribution in [0.4, 0.5) is 5.69 Å². The minimum absolute atomic E-state index is 0. The van der Waals surface area contributed by atoms with Crippen LogP contribution in [-0.4, -0.2) is 42.3 Å². The molecule has 0 heterocycles. The maximum Gasteiger partial charge on any atom is 0.253 e. The molecule has 0 unspecified atom stereocenters. The Labute approximate surface area is 177 Å². The Bertz CT molecular complexity index is 815. The summed E-state index contributed by atoms with van der Waals surface area (Å²) >= 11 is 0. The van der Waals surface area contributed by atoms with E-state index in [-0.39, 0.29) is 43.1 Å². The normalized spacial score (nSPS) is 9.86. The molecule has 4 N–H and O–H groups in total. The van der Waals surface area contributed by atoms with Gasteiger partial charge in [0.2, 0.25) is 11.8 Å². The standard InChI is InChI=1S/C21H26N4O3.ClH/c1-16(26)25(15-17-7-3-2-4-8-17)14-11-20(27)24-19-10-6-5-9-18(19)21(28)23-13-12-22;/h2-10H,11-15,22H2,1H3,(H,23,28)(H,24,27);1H. The lowest BCUT2D eigenvalue weighted by atomic mass is 10.1. The molecule has 0 aliphatic rings. The van der Waals surface area contributed by atoms with Gasteiger partial charge in [0.15, 0.2) is 0 Å². The van der Waals surface area contributed by atoms with Gasteiger partial charge in [-0.25, -0.2) is 0 Å². The number of amides is 3. The molecular formula is C21H27ClN4O3. The Morgan fingerprint density at radius 2 is 1.66 bits per heavy atom. The lowest BCUT2D eigenvalue weighted by Crippen LogP contribution is -2.32. The van der Waals surface area contributed by atoms with Crippen LogP contribution in [0.25, 0.3) is 0 Å². The second-order valence-electron chi connectivity index (χ2n) is 6.31. The first-order valence-electron chi connectivity index (χ1n) is 9.18. The monoisotopic (exact) mass is 418 g/mol. The van der Waals surface area contributed by atoms with E-state index in [0.29, 0.717) is 30.9 Å². The summed E-state index contributed by atoms with van der Waals surface area (Å²) in [5, 5.41) is 5.44. The minimum Gasteiger partial charge on any atom is -0.351 e. The molecule has 8 heteroatoms. The molecule has 7 nitrogen and oxygen atoms in total. The number of carbonyl (C=O) groups is 3. The van der Waals surface area contributed by atoms with E-state index in [2.05, 4.69) is 10.6 Å². The number of nitrogens with one attached hydrogen (secondary N) is 2. The average Bonchev–Trinajstić information content (AvgIpc) is 2.70. The van der Waals surface area contributed by atoms with E-state index in [1.54, 1.807) is 29.2 Å². The fourth-order valence-corrected chi connectivity index (χ4v) is 2.67. The largest absolute Gasteiger partial charge is 0.351 e. The van der Waals surface area contributed by atoms with Crippen molar-refractivity contribution in [2.75, 3.05) is 25.0 Å². The fourth-order valence-electron chi connectivity index (χ4n) is 2.67. The smallest absolute Gasteiger partial charge is 0.253 e. The van der Waals surface area contributed by atoms with Gasteiger partial charge >= 0.3 is 0 Å². The summed E-state index contributed by atoms with van der Waals surface area (Å²) in [6.45, 7) is 2.91. The molecule has 0 fully saturated rings. The van der Waals surface area contributed by atoms with Gasteiger partial charge in [-0.3, -0.25) is 14.4 Å². The topological polar surface area (TPSA) is 105 Å². The summed E-state index contributed by atoms with van der Waals surface area (Å²) in [4.78, 5) is 38.1. The molecule has 0 bridgehead atoms. The predicted molar refractivity (Wildman–Crippen MR) is 116 cm³/mol. The quantitative estimate of drug-likeness (QED) is 0.580. The molecule has 0 aromatic heterocycles. The van der Waals surface area contributed by atoms with Crippen LogP contribution in [-0.2, 0) is 16.1 Å². The second-order valence-corrected chi connectivity index (χ2v) is 6.31. The summed E-state index contributed by atoms with van der Waals surface area (Å²) in [5.41, 5.74) is 7.21. The molecule has 0 atom stereocenters. The van der Waals surface area contributed by atoms with Crippen molar-refractivity contribution in [2.45, 2.75) is 19.9 Å². The van der Waals surface area contributed by atoms with E-state index in [9.17, 15) is 14.4 Å². The van der Waals surface area contributed by atoms with E-state index in [1.165, 1.54) is 6.92 Å². The van der Waals surface area contributed by atoms with Crippen LogP contribution >= 0.6 is 12.4 Å². The number of hydrogen-bond donors (Lipinski definition) is 3. The van der Waals surface area contributed by atoms with Crippen LogP contribution in [0.1, 0.15) is 29.3 Å². The van der Waals surface area contributed by atoms with Crippen LogP contribution in [0.5, 0.6) is 0 Å². The van der Waals surface area contributed by atoms with Crippen molar-refractivity contribution < 1.29 is 14.4 Å². The summed E-state index contributed by atoms with van der Waals surface area (Å²) in [7, 11) is 0. The lowest BCUT2D eigenvalue weighted by Gasteiger charge is -2.21. The molecule has 2 aromatic rings. The van der Waals surface area contributed by atoms with Gasteiger partial charge < -0.3 is 21.3 Å². The molecule has 0 saturated heterocycles. The Morgan fingerprint density at radius 1 is 1.00 bits per heavy atom. The number of carbonyl (C=O) groups excluding carboxylic acids is 3. The van der Waals surface area contributed by atoms with Crippen molar-refractivity contribution >= 4 is 35.8 Å². The third kappa shape index (κ3) is 7.93. The van der Waals surface area contributed by atoms with Gasteiger partial charge in [0.05, 0.1) is 11.3 Å². The van der Waals surface area contributed by atoms with Gasteiger partial charge in [0.25, 0.3) is 5.91 Å².